The van der Waals surface area contributed by atoms with Crippen LogP contribution in [-0.2, 0) is 19.6 Å². The quantitative estimate of drug-likeness (QED) is 0.511. The number of amidine groups is 1. The van der Waals surface area contributed by atoms with Gasteiger partial charge in [-0.25, -0.2) is 13.4 Å². The van der Waals surface area contributed by atoms with E-state index in [2.05, 4.69) is 10.3 Å². The molecule has 34 heavy (non-hydrogen) atoms. The molecular weight excluding hydrogens is 474 g/mol. The van der Waals surface area contributed by atoms with Gasteiger partial charge in [0, 0.05) is 12.6 Å². The number of hydrogen-bond donors (Lipinski definition) is 2. The molecule has 0 radical (unpaired) electrons. The Morgan fingerprint density at radius 1 is 1.00 bits per heavy atom. The fourth-order valence-corrected chi connectivity index (χ4v) is 5.70. The Labute approximate surface area is 200 Å². The van der Waals surface area contributed by atoms with Crippen molar-refractivity contribution in [3.8, 4) is 5.75 Å². The van der Waals surface area contributed by atoms with Crippen LogP contribution < -0.4 is 5.32 Å². The second-order valence-corrected chi connectivity index (χ2v) is 10.0. The van der Waals surface area contributed by atoms with Gasteiger partial charge in [-0.1, -0.05) is 30.3 Å². The molecule has 3 aromatic rings. The van der Waals surface area contributed by atoms with Crippen molar-refractivity contribution in [1.82, 2.24) is 4.31 Å². The Kier molecular flexibility index (Phi) is 6.53. The number of benzene rings is 3. The van der Waals surface area contributed by atoms with E-state index in [1.807, 2.05) is 0 Å². The highest BCUT2D eigenvalue weighted by molar-refractivity contribution is 8.20. The van der Waals surface area contributed by atoms with Crippen LogP contribution in [0.2, 0.25) is 0 Å². The molecule has 0 spiro atoms. The average molecular weight is 494 g/mol. The standard InChI is InChI=1S/C24H19N3O5S2/c1-16(28)25-19-9-13-21(14-10-19)34(31,32)27-23(30)22(15-17-7-11-20(29)12-8-17)33-24(27)26-18-5-3-2-4-6-18/h2-15,29H,1H3,(H,25,28)/b22-15-,26-24?. The first kappa shape index (κ1) is 23.3. The number of carbonyl (C=O) groups is 2. The van der Waals surface area contributed by atoms with Gasteiger partial charge in [0.1, 0.15) is 5.75 Å². The van der Waals surface area contributed by atoms with Crippen molar-refractivity contribution in [2.75, 3.05) is 5.32 Å². The number of rotatable bonds is 5. The first-order valence-electron chi connectivity index (χ1n) is 10.0. The molecule has 0 saturated carbocycles. The summed E-state index contributed by atoms with van der Waals surface area (Å²) in [7, 11) is -4.30. The van der Waals surface area contributed by atoms with Crippen LogP contribution in [0, 0.1) is 0 Å². The van der Waals surface area contributed by atoms with Crippen LogP contribution in [0.15, 0.2) is 93.7 Å². The van der Waals surface area contributed by atoms with Gasteiger partial charge in [-0.3, -0.25) is 9.59 Å². The van der Waals surface area contributed by atoms with E-state index >= 15 is 0 Å². The minimum absolute atomic E-state index is 0.00725. The average Bonchev–Trinajstić information content (AvgIpc) is 3.11. The lowest BCUT2D eigenvalue weighted by molar-refractivity contribution is -0.119. The molecule has 8 nitrogen and oxygen atoms in total. The summed E-state index contributed by atoms with van der Waals surface area (Å²) in [6.45, 7) is 1.35. The zero-order valence-corrected chi connectivity index (χ0v) is 19.5. The number of phenolic OH excluding ortho intramolecular Hbond substituents is 1. The maximum absolute atomic E-state index is 13.5. The number of aliphatic imine (C=N–C) groups is 1. The van der Waals surface area contributed by atoms with Crippen molar-refractivity contribution >= 4 is 56.2 Å². The third kappa shape index (κ3) is 5.03. The summed E-state index contributed by atoms with van der Waals surface area (Å²) in [4.78, 5) is 29.0. The Morgan fingerprint density at radius 3 is 2.26 bits per heavy atom. The van der Waals surface area contributed by atoms with Crippen molar-refractivity contribution in [1.29, 1.82) is 0 Å². The number of nitrogens with one attached hydrogen (secondary N) is 1. The topological polar surface area (TPSA) is 116 Å². The molecule has 172 valence electrons. The molecule has 1 aliphatic rings. The van der Waals surface area contributed by atoms with E-state index < -0.39 is 15.9 Å². The summed E-state index contributed by atoms with van der Waals surface area (Å²) in [5.74, 6) is -0.951. The van der Waals surface area contributed by atoms with Crippen LogP contribution in [0.1, 0.15) is 12.5 Å². The molecule has 1 heterocycles. The highest BCUT2D eigenvalue weighted by Crippen LogP contribution is 2.38. The Balaban J connectivity index is 1.76. The number of phenols is 1. The lowest BCUT2D eigenvalue weighted by Crippen LogP contribution is -2.35. The summed E-state index contributed by atoms with van der Waals surface area (Å²) < 4.78 is 27.7. The van der Waals surface area contributed by atoms with E-state index in [1.54, 1.807) is 48.5 Å². The number of carbonyl (C=O) groups excluding carboxylic acids is 2. The minimum Gasteiger partial charge on any atom is -0.508 e. The van der Waals surface area contributed by atoms with Gasteiger partial charge in [-0.2, -0.15) is 4.31 Å². The van der Waals surface area contributed by atoms with Crippen LogP contribution in [0.3, 0.4) is 0 Å². The molecule has 0 aliphatic carbocycles. The number of para-hydroxylation sites is 1. The highest BCUT2D eigenvalue weighted by Gasteiger charge is 2.42. The van der Waals surface area contributed by atoms with E-state index in [0.29, 0.717) is 21.2 Å². The smallest absolute Gasteiger partial charge is 0.280 e. The summed E-state index contributed by atoms with van der Waals surface area (Å²) in [6.07, 6.45) is 1.54. The van der Waals surface area contributed by atoms with Crippen LogP contribution in [0.4, 0.5) is 11.4 Å². The van der Waals surface area contributed by atoms with Crippen LogP contribution in [0.5, 0.6) is 5.75 Å². The molecule has 10 heteroatoms. The van der Waals surface area contributed by atoms with Gasteiger partial charge in [-0.15, -0.1) is 0 Å². The molecular formula is C24H19N3O5S2. The summed E-state index contributed by atoms with van der Waals surface area (Å²) >= 11 is 0.943. The fraction of sp³-hybridized carbons (Fsp3) is 0.0417. The molecule has 2 amide bonds. The van der Waals surface area contributed by atoms with E-state index in [-0.39, 0.29) is 26.6 Å². The number of hydrogen-bond acceptors (Lipinski definition) is 7. The first-order chi connectivity index (χ1) is 16.2. The van der Waals surface area contributed by atoms with E-state index in [1.165, 1.54) is 43.3 Å². The van der Waals surface area contributed by atoms with Gasteiger partial charge >= 0.3 is 0 Å². The SMILES string of the molecule is CC(=O)Nc1ccc(S(=O)(=O)N2C(=O)/C(=C/c3ccc(O)cc3)SC2=Nc2ccccc2)cc1. The summed E-state index contributed by atoms with van der Waals surface area (Å²) in [5.41, 5.74) is 1.54. The molecule has 4 rings (SSSR count). The molecule has 1 aliphatic heterocycles. The van der Waals surface area contributed by atoms with Gasteiger partial charge in [-0.05, 0) is 71.9 Å². The first-order valence-corrected chi connectivity index (χ1v) is 12.3. The maximum Gasteiger partial charge on any atom is 0.280 e. The van der Waals surface area contributed by atoms with Gasteiger partial charge < -0.3 is 10.4 Å². The highest BCUT2D eigenvalue weighted by atomic mass is 32.2. The molecule has 0 atom stereocenters. The van der Waals surface area contributed by atoms with Gasteiger partial charge in [0.2, 0.25) is 5.91 Å². The second kappa shape index (κ2) is 9.54. The third-order valence-corrected chi connectivity index (χ3v) is 7.43. The largest absolute Gasteiger partial charge is 0.508 e. The fourth-order valence-electron chi connectivity index (χ4n) is 3.10. The molecule has 0 aromatic heterocycles. The second-order valence-electron chi connectivity index (χ2n) is 7.21. The van der Waals surface area contributed by atoms with Crippen molar-refractivity contribution in [3.05, 3.63) is 89.3 Å². The Bertz CT molecular complexity index is 1400. The van der Waals surface area contributed by atoms with E-state index in [9.17, 15) is 23.1 Å². The Hall–Kier alpha value is -3.89. The predicted molar refractivity (Wildman–Crippen MR) is 132 cm³/mol. The molecule has 0 unspecified atom stereocenters. The van der Waals surface area contributed by atoms with Gasteiger partial charge in [0.15, 0.2) is 5.17 Å². The minimum atomic E-state index is -4.30. The van der Waals surface area contributed by atoms with Crippen molar-refractivity contribution in [2.45, 2.75) is 11.8 Å². The third-order valence-electron chi connectivity index (χ3n) is 4.65. The normalized spacial score (nSPS) is 16.3. The van der Waals surface area contributed by atoms with Gasteiger partial charge in [0.05, 0.1) is 15.5 Å². The predicted octanol–water partition coefficient (Wildman–Crippen LogP) is 4.34. The number of nitrogens with zero attached hydrogens (tertiary/aromatic N) is 2. The molecule has 0 bridgehead atoms. The number of sulfonamides is 1. The van der Waals surface area contributed by atoms with Crippen molar-refractivity contribution < 1.29 is 23.1 Å². The molecule has 2 N–H and O–H groups in total. The zero-order valence-electron chi connectivity index (χ0n) is 17.9. The van der Waals surface area contributed by atoms with E-state index in [0.717, 1.165) is 11.8 Å². The summed E-state index contributed by atoms with van der Waals surface area (Å²) in [6, 6.07) is 20.4. The van der Waals surface area contributed by atoms with Crippen molar-refractivity contribution in [3.63, 3.8) is 0 Å². The monoisotopic (exact) mass is 493 g/mol. The molecule has 1 fully saturated rings. The van der Waals surface area contributed by atoms with Crippen LogP contribution in [-0.4, -0.2) is 34.8 Å². The number of thioether (sulfide) groups is 1. The molecule has 3 aromatic carbocycles. The van der Waals surface area contributed by atoms with Crippen LogP contribution >= 0.6 is 11.8 Å². The van der Waals surface area contributed by atoms with Crippen molar-refractivity contribution in [2.24, 2.45) is 4.99 Å². The lowest BCUT2D eigenvalue weighted by Gasteiger charge is -2.16. The maximum atomic E-state index is 13.5. The number of aromatic hydroxyl groups is 1. The molecule has 1 saturated heterocycles. The zero-order chi connectivity index (χ0) is 24.3. The lowest BCUT2D eigenvalue weighted by atomic mass is 10.2. The number of amides is 2. The van der Waals surface area contributed by atoms with Crippen LogP contribution in [0.25, 0.3) is 6.08 Å². The Morgan fingerprint density at radius 2 is 1.65 bits per heavy atom. The van der Waals surface area contributed by atoms with E-state index in [4.69, 9.17) is 0 Å². The summed E-state index contributed by atoms with van der Waals surface area (Å²) in [5, 5.41) is 12.1. The van der Waals surface area contributed by atoms with Gasteiger partial charge in [0.25, 0.3) is 15.9 Å². The number of anilines is 1.